The van der Waals surface area contributed by atoms with Crippen molar-refractivity contribution in [1.82, 2.24) is 0 Å². The first-order valence-electron chi connectivity index (χ1n) is 8.58. The standard InChI is InChI=1S/C21H19NO6/c1-3-27-15-11-7-8-13(19(15)26-2)12-16-18(23)17(21(24)25)20(28-16)22-14-9-5-4-6-10-14/h4-12,22H,3H2,1-2H3,(H,24,25)/b16-12-. The number of carboxylic acids is 1. The Balaban J connectivity index is 1.96. The minimum Gasteiger partial charge on any atom is -0.492 e. The molecule has 2 aromatic carbocycles. The maximum atomic E-state index is 12.6. The molecule has 0 aliphatic carbocycles. The molecule has 0 saturated heterocycles. The van der Waals surface area contributed by atoms with Crippen molar-refractivity contribution in [2.75, 3.05) is 19.0 Å². The van der Waals surface area contributed by atoms with Gasteiger partial charge in [0.15, 0.2) is 22.8 Å². The molecule has 0 amide bonds. The van der Waals surface area contributed by atoms with E-state index in [0.29, 0.717) is 29.4 Å². The summed E-state index contributed by atoms with van der Waals surface area (Å²) >= 11 is 0. The van der Waals surface area contributed by atoms with E-state index in [-0.39, 0.29) is 11.6 Å². The second-order valence-corrected chi connectivity index (χ2v) is 5.75. The van der Waals surface area contributed by atoms with Gasteiger partial charge >= 0.3 is 5.97 Å². The van der Waals surface area contributed by atoms with Gasteiger partial charge in [-0.25, -0.2) is 4.79 Å². The number of hydrogen-bond donors (Lipinski definition) is 2. The van der Waals surface area contributed by atoms with E-state index in [4.69, 9.17) is 14.2 Å². The van der Waals surface area contributed by atoms with Gasteiger partial charge < -0.3 is 24.6 Å². The maximum absolute atomic E-state index is 12.6. The number of carbonyl (C=O) groups excluding carboxylic acids is 1. The van der Waals surface area contributed by atoms with E-state index in [1.165, 1.54) is 13.2 Å². The van der Waals surface area contributed by atoms with Gasteiger partial charge in [0.1, 0.15) is 0 Å². The van der Waals surface area contributed by atoms with Crippen LogP contribution in [0.15, 0.2) is 65.7 Å². The van der Waals surface area contributed by atoms with Crippen molar-refractivity contribution in [3.05, 3.63) is 71.3 Å². The molecule has 0 unspecified atom stereocenters. The number of carboxylic acid groups (broad SMARTS) is 1. The number of ketones is 1. The highest BCUT2D eigenvalue weighted by Gasteiger charge is 2.36. The summed E-state index contributed by atoms with van der Waals surface area (Å²) in [5.74, 6) is -1.41. The number of Topliss-reactive ketones (excluding diaryl/α,β-unsaturated/α-hetero) is 1. The van der Waals surface area contributed by atoms with Crippen LogP contribution in [0.25, 0.3) is 6.08 Å². The Kier molecular flexibility index (Phi) is 5.64. The first-order chi connectivity index (χ1) is 13.5. The van der Waals surface area contributed by atoms with Crippen LogP contribution in [0.1, 0.15) is 12.5 Å². The van der Waals surface area contributed by atoms with Crippen molar-refractivity contribution in [3.8, 4) is 11.5 Å². The zero-order valence-electron chi connectivity index (χ0n) is 15.4. The minimum atomic E-state index is -1.37. The van der Waals surface area contributed by atoms with Crippen LogP contribution >= 0.6 is 0 Å². The van der Waals surface area contributed by atoms with Gasteiger partial charge in [-0.15, -0.1) is 0 Å². The summed E-state index contributed by atoms with van der Waals surface area (Å²) in [4.78, 5) is 24.2. The quantitative estimate of drug-likeness (QED) is 0.560. The van der Waals surface area contributed by atoms with Crippen molar-refractivity contribution in [1.29, 1.82) is 0 Å². The second-order valence-electron chi connectivity index (χ2n) is 5.75. The van der Waals surface area contributed by atoms with Gasteiger partial charge in [0.05, 0.1) is 13.7 Å². The predicted molar refractivity (Wildman–Crippen MR) is 103 cm³/mol. The van der Waals surface area contributed by atoms with E-state index >= 15 is 0 Å². The third kappa shape index (κ3) is 3.83. The van der Waals surface area contributed by atoms with Crippen molar-refractivity contribution < 1.29 is 28.9 Å². The summed E-state index contributed by atoms with van der Waals surface area (Å²) in [7, 11) is 1.49. The summed E-state index contributed by atoms with van der Waals surface area (Å²) in [5, 5.41) is 12.3. The van der Waals surface area contributed by atoms with Gasteiger partial charge in [0.25, 0.3) is 0 Å². The van der Waals surface area contributed by atoms with Gasteiger partial charge in [-0.05, 0) is 31.2 Å². The molecule has 7 nitrogen and oxygen atoms in total. The van der Waals surface area contributed by atoms with Gasteiger partial charge in [0, 0.05) is 11.3 Å². The summed E-state index contributed by atoms with van der Waals surface area (Å²) in [6.45, 7) is 2.29. The molecule has 0 atom stereocenters. The summed E-state index contributed by atoms with van der Waals surface area (Å²) in [6, 6.07) is 14.0. The molecule has 0 radical (unpaired) electrons. The van der Waals surface area contributed by atoms with E-state index in [0.717, 1.165) is 0 Å². The SMILES string of the molecule is CCOc1cccc(/C=C2\OC(Nc3ccccc3)=C(C(=O)O)C2=O)c1OC. The molecule has 0 spiro atoms. The number of benzene rings is 2. The lowest BCUT2D eigenvalue weighted by Crippen LogP contribution is -2.12. The third-order valence-electron chi connectivity index (χ3n) is 3.94. The average Bonchev–Trinajstić information content (AvgIpc) is 2.98. The zero-order valence-corrected chi connectivity index (χ0v) is 15.4. The Bertz CT molecular complexity index is 962. The smallest absolute Gasteiger partial charge is 0.345 e. The number of para-hydroxylation sites is 2. The van der Waals surface area contributed by atoms with Crippen LogP contribution in [-0.4, -0.2) is 30.6 Å². The highest BCUT2D eigenvalue weighted by Crippen LogP contribution is 2.35. The maximum Gasteiger partial charge on any atom is 0.345 e. The Morgan fingerprint density at radius 3 is 2.57 bits per heavy atom. The second kappa shape index (κ2) is 8.30. The minimum absolute atomic E-state index is 0.122. The number of carbonyl (C=O) groups is 2. The summed E-state index contributed by atoms with van der Waals surface area (Å²) < 4.78 is 16.5. The number of anilines is 1. The third-order valence-corrected chi connectivity index (χ3v) is 3.94. The van der Waals surface area contributed by atoms with E-state index in [1.54, 1.807) is 42.5 Å². The van der Waals surface area contributed by atoms with E-state index in [9.17, 15) is 14.7 Å². The molecule has 0 fully saturated rings. The molecule has 0 saturated carbocycles. The van der Waals surface area contributed by atoms with Crippen LogP contribution in [0, 0.1) is 0 Å². The molecule has 7 heteroatoms. The number of methoxy groups -OCH3 is 1. The first kappa shape index (κ1) is 19.0. The lowest BCUT2D eigenvalue weighted by molar-refractivity contribution is -0.134. The number of nitrogens with one attached hydrogen (secondary N) is 1. The molecular formula is C21H19NO6. The number of hydrogen-bond acceptors (Lipinski definition) is 6. The van der Waals surface area contributed by atoms with Gasteiger partial charge in [0.2, 0.25) is 11.7 Å². The van der Waals surface area contributed by atoms with Gasteiger partial charge in [-0.2, -0.15) is 0 Å². The molecular weight excluding hydrogens is 362 g/mol. The first-order valence-corrected chi connectivity index (χ1v) is 8.58. The number of allylic oxidation sites excluding steroid dienone is 1. The lowest BCUT2D eigenvalue weighted by Gasteiger charge is -2.12. The van der Waals surface area contributed by atoms with Crippen molar-refractivity contribution in [3.63, 3.8) is 0 Å². The molecule has 1 aliphatic rings. The molecule has 0 aromatic heterocycles. The van der Waals surface area contributed by atoms with E-state index in [1.807, 2.05) is 13.0 Å². The van der Waals surface area contributed by atoms with Crippen molar-refractivity contribution >= 4 is 23.5 Å². The number of rotatable bonds is 7. The average molecular weight is 381 g/mol. The van der Waals surface area contributed by atoms with Crippen LogP contribution in [-0.2, 0) is 14.3 Å². The fraction of sp³-hybridized carbons (Fsp3) is 0.143. The number of aliphatic carboxylic acids is 1. The fourth-order valence-corrected chi connectivity index (χ4v) is 2.74. The monoisotopic (exact) mass is 381 g/mol. The fourth-order valence-electron chi connectivity index (χ4n) is 2.74. The zero-order chi connectivity index (χ0) is 20.1. The molecule has 144 valence electrons. The highest BCUT2D eigenvalue weighted by molar-refractivity contribution is 6.26. The molecule has 3 rings (SSSR count). The van der Waals surface area contributed by atoms with Crippen LogP contribution < -0.4 is 14.8 Å². The van der Waals surface area contributed by atoms with Crippen LogP contribution in [0.4, 0.5) is 5.69 Å². The molecule has 1 aliphatic heterocycles. The molecule has 0 bridgehead atoms. The van der Waals surface area contributed by atoms with E-state index in [2.05, 4.69) is 5.32 Å². The molecule has 2 N–H and O–H groups in total. The van der Waals surface area contributed by atoms with Crippen LogP contribution in [0.2, 0.25) is 0 Å². The Hall–Kier alpha value is -3.74. The van der Waals surface area contributed by atoms with Gasteiger partial charge in [-0.3, -0.25) is 4.79 Å². The predicted octanol–water partition coefficient (Wildman–Crippen LogP) is 3.44. The summed E-state index contributed by atoms with van der Waals surface area (Å²) in [6.07, 6.45) is 1.44. The highest BCUT2D eigenvalue weighted by atomic mass is 16.5. The van der Waals surface area contributed by atoms with E-state index < -0.39 is 17.3 Å². The Morgan fingerprint density at radius 2 is 1.93 bits per heavy atom. The Morgan fingerprint density at radius 1 is 1.18 bits per heavy atom. The normalized spacial score (nSPS) is 14.8. The van der Waals surface area contributed by atoms with Crippen molar-refractivity contribution in [2.45, 2.75) is 6.92 Å². The summed E-state index contributed by atoms with van der Waals surface area (Å²) in [5.41, 5.74) is 0.666. The topological polar surface area (TPSA) is 94.1 Å². The molecule has 28 heavy (non-hydrogen) atoms. The number of ether oxygens (including phenoxy) is 3. The van der Waals surface area contributed by atoms with Crippen LogP contribution in [0.5, 0.6) is 11.5 Å². The molecule has 2 aromatic rings. The van der Waals surface area contributed by atoms with Crippen molar-refractivity contribution in [2.24, 2.45) is 0 Å². The lowest BCUT2D eigenvalue weighted by atomic mass is 10.1. The Labute approximate surface area is 161 Å². The molecule has 1 heterocycles. The van der Waals surface area contributed by atoms with Gasteiger partial charge in [-0.1, -0.05) is 30.3 Å². The van der Waals surface area contributed by atoms with Crippen LogP contribution in [0.3, 0.4) is 0 Å². The largest absolute Gasteiger partial charge is 0.492 e.